The Morgan fingerprint density at radius 1 is 1.23 bits per heavy atom. The minimum atomic E-state index is -0.202. The first-order chi connectivity index (χ1) is 10.7. The average molecular weight is 392 g/mol. The van der Waals surface area contributed by atoms with Crippen LogP contribution in [0.1, 0.15) is 4.88 Å². The van der Waals surface area contributed by atoms with Gasteiger partial charge in [0, 0.05) is 22.5 Å². The molecule has 7 heteroatoms. The van der Waals surface area contributed by atoms with E-state index in [-0.39, 0.29) is 5.91 Å². The minimum Gasteiger partial charge on any atom is -0.298 e. The molecule has 3 aromatic rings. The second kappa shape index (κ2) is 6.95. The summed E-state index contributed by atoms with van der Waals surface area (Å²) >= 11 is 6.33. The van der Waals surface area contributed by atoms with E-state index < -0.39 is 0 Å². The van der Waals surface area contributed by atoms with E-state index in [0.29, 0.717) is 5.13 Å². The summed E-state index contributed by atoms with van der Waals surface area (Å²) in [5.41, 5.74) is 1.55. The highest BCUT2D eigenvalue weighted by atomic mass is 79.9. The van der Waals surface area contributed by atoms with Gasteiger partial charge in [-0.3, -0.25) is 15.1 Å². The van der Waals surface area contributed by atoms with Crippen molar-refractivity contribution in [1.29, 1.82) is 0 Å². The van der Waals surface area contributed by atoms with Crippen LogP contribution in [0.3, 0.4) is 0 Å². The van der Waals surface area contributed by atoms with Crippen LogP contribution in [0.25, 0.3) is 17.5 Å². The number of nitrogens with zero attached hydrogens (tertiary/aromatic N) is 2. The van der Waals surface area contributed by atoms with E-state index in [1.54, 1.807) is 23.6 Å². The van der Waals surface area contributed by atoms with Crippen LogP contribution < -0.4 is 5.32 Å². The van der Waals surface area contributed by atoms with Gasteiger partial charge < -0.3 is 0 Å². The number of pyridine rings is 1. The van der Waals surface area contributed by atoms with Gasteiger partial charge in [0.05, 0.1) is 9.48 Å². The third-order valence-electron chi connectivity index (χ3n) is 2.65. The van der Waals surface area contributed by atoms with Crippen LogP contribution in [0.15, 0.2) is 51.8 Å². The predicted octanol–water partition coefficient (Wildman–Crippen LogP) is 4.68. The smallest absolute Gasteiger partial charge is 0.250 e. The SMILES string of the molecule is O=C(C=Cc1ccc(Br)s1)Nc1nc(-c2ccccn2)cs1. The second-order valence-corrected chi connectivity index (χ2v) is 7.57. The molecular weight excluding hydrogens is 382 g/mol. The zero-order chi connectivity index (χ0) is 15.4. The number of amides is 1. The predicted molar refractivity (Wildman–Crippen MR) is 95.0 cm³/mol. The van der Waals surface area contributed by atoms with Crippen LogP contribution in [0.4, 0.5) is 5.13 Å². The van der Waals surface area contributed by atoms with E-state index in [1.807, 2.05) is 35.7 Å². The number of nitrogens with one attached hydrogen (secondary N) is 1. The molecule has 4 nitrogen and oxygen atoms in total. The Morgan fingerprint density at radius 3 is 2.86 bits per heavy atom. The van der Waals surface area contributed by atoms with Crippen molar-refractivity contribution in [3.05, 3.63) is 56.6 Å². The Bertz CT molecular complexity index is 811. The summed E-state index contributed by atoms with van der Waals surface area (Å²) in [5, 5.41) is 5.19. The van der Waals surface area contributed by atoms with Crippen molar-refractivity contribution < 1.29 is 4.79 Å². The van der Waals surface area contributed by atoms with Gasteiger partial charge in [-0.1, -0.05) is 6.07 Å². The van der Waals surface area contributed by atoms with Gasteiger partial charge in [0.2, 0.25) is 5.91 Å². The lowest BCUT2D eigenvalue weighted by molar-refractivity contribution is -0.111. The fourth-order valence-electron chi connectivity index (χ4n) is 1.69. The molecule has 110 valence electrons. The molecule has 0 bridgehead atoms. The molecular formula is C15H10BrN3OS2. The minimum absolute atomic E-state index is 0.202. The molecule has 3 heterocycles. The largest absolute Gasteiger partial charge is 0.298 e. The van der Waals surface area contributed by atoms with E-state index in [2.05, 4.69) is 31.2 Å². The molecule has 0 saturated carbocycles. The molecule has 1 N–H and O–H groups in total. The Labute approximate surface area is 143 Å². The monoisotopic (exact) mass is 391 g/mol. The van der Waals surface area contributed by atoms with Crippen LogP contribution in [-0.2, 0) is 4.79 Å². The fraction of sp³-hybridized carbons (Fsp3) is 0. The number of rotatable bonds is 4. The summed E-state index contributed by atoms with van der Waals surface area (Å²) in [6.07, 6.45) is 4.99. The molecule has 0 aliphatic carbocycles. The van der Waals surface area contributed by atoms with E-state index in [0.717, 1.165) is 20.1 Å². The van der Waals surface area contributed by atoms with Gasteiger partial charge in [-0.05, 0) is 46.3 Å². The molecule has 0 aromatic carbocycles. The number of carbonyl (C=O) groups excluding carboxylic acids is 1. The van der Waals surface area contributed by atoms with Crippen molar-refractivity contribution in [3.63, 3.8) is 0 Å². The van der Waals surface area contributed by atoms with Crippen LogP contribution in [0, 0.1) is 0 Å². The molecule has 0 saturated heterocycles. The van der Waals surface area contributed by atoms with Crippen molar-refractivity contribution in [2.24, 2.45) is 0 Å². The van der Waals surface area contributed by atoms with E-state index in [1.165, 1.54) is 17.4 Å². The number of thiophene rings is 1. The molecule has 0 atom stereocenters. The summed E-state index contributed by atoms with van der Waals surface area (Å²) in [5.74, 6) is -0.202. The molecule has 0 aliphatic rings. The van der Waals surface area contributed by atoms with Crippen molar-refractivity contribution in [3.8, 4) is 11.4 Å². The van der Waals surface area contributed by atoms with Gasteiger partial charge in [0.25, 0.3) is 0 Å². The van der Waals surface area contributed by atoms with Gasteiger partial charge in [-0.15, -0.1) is 22.7 Å². The van der Waals surface area contributed by atoms with Crippen molar-refractivity contribution >= 4 is 55.7 Å². The van der Waals surface area contributed by atoms with E-state index in [9.17, 15) is 4.79 Å². The zero-order valence-electron chi connectivity index (χ0n) is 11.2. The second-order valence-electron chi connectivity index (χ2n) is 4.22. The summed E-state index contributed by atoms with van der Waals surface area (Å²) in [7, 11) is 0. The summed E-state index contributed by atoms with van der Waals surface area (Å²) in [6.45, 7) is 0. The molecule has 0 unspecified atom stereocenters. The normalized spacial score (nSPS) is 11.0. The maximum absolute atomic E-state index is 11.9. The quantitative estimate of drug-likeness (QED) is 0.656. The third-order valence-corrected chi connectivity index (χ3v) is 5.00. The van der Waals surface area contributed by atoms with Gasteiger partial charge in [-0.2, -0.15) is 0 Å². The van der Waals surface area contributed by atoms with Gasteiger partial charge in [0.1, 0.15) is 5.69 Å². The third kappa shape index (κ3) is 3.88. The number of hydrogen-bond donors (Lipinski definition) is 1. The van der Waals surface area contributed by atoms with E-state index >= 15 is 0 Å². The number of carbonyl (C=O) groups is 1. The van der Waals surface area contributed by atoms with Crippen molar-refractivity contribution in [2.45, 2.75) is 0 Å². The fourth-order valence-corrected chi connectivity index (χ4v) is 3.72. The van der Waals surface area contributed by atoms with Crippen molar-refractivity contribution in [1.82, 2.24) is 9.97 Å². The Balaban J connectivity index is 1.65. The average Bonchev–Trinajstić information content (AvgIpc) is 3.15. The van der Waals surface area contributed by atoms with Crippen molar-refractivity contribution in [2.75, 3.05) is 5.32 Å². The molecule has 1 amide bonds. The first kappa shape index (κ1) is 15.1. The summed E-state index contributed by atoms with van der Waals surface area (Å²) in [4.78, 5) is 21.5. The molecule has 0 aliphatic heterocycles. The number of hydrogen-bond acceptors (Lipinski definition) is 5. The summed E-state index contributed by atoms with van der Waals surface area (Å²) < 4.78 is 1.03. The maximum atomic E-state index is 11.9. The molecule has 0 spiro atoms. The Kier molecular flexibility index (Phi) is 4.77. The first-order valence-corrected chi connectivity index (χ1v) is 8.81. The highest BCUT2D eigenvalue weighted by Crippen LogP contribution is 2.24. The number of aromatic nitrogens is 2. The lowest BCUT2D eigenvalue weighted by atomic mass is 10.3. The first-order valence-electron chi connectivity index (χ1n) is 6.32. The highest BCUT2D eigenvalue weighted by molar-refractivity contribution is 9.11. The standard InChI is InChI=1S/C15H10BrN3OS2/c16-13-6-4-10(22-13)5-7-14(20)19-15-18-12(9-21-15)11-3-1-2-8-17-11/h1-9H,(H,18,19,20). The number of anilines is 1. The molecule has 3 rings (SSSR count). The van der Waals surface area contributed by atoms with Crippen LogP contribution >= 0.6 is 38.6 Å². The van der Waals surface area contributed by atoms with Gasteiger partial charge >= 0.3 is 0 Å². The Hall–Kier alpha value is -1.83. The van der Waals surface area contributed by atoms with E-state index in [4.69, 9.17) is 0 Å². The lowest BCUT2D eigenvalue weighted by Gasteiger charge is -1.96. The summed E-state index contributed by atoms with van der Waals surface area (Å²) in [6, 6.07) is 9.53. The number of halogens is 1. The number of thiazole rings is 1. The van der Waals surface area contributed by atoms with Gasteiger partial charge in [-0.25, -0.2) is 4.98 Å². The lowest BCUT2D eigenvalue weighted by Crippen LogP contribution is -2.07. The molecule has 3 aromatic heterocycles. The van der Waals surface area contributed by atoms with Crippen LogP contribution in [0.2, 0.25) is 0 Å². The molecule has 0 fully saturated rings. The van der Waals surface area contributed by atoms with Crippen LogP contribution in [-0.4, -0.2) is 15.9 Å². The molecule has 0 radical (unpaired) electrons. The zero-order valence-corrected chi connectivity index (χ0v) is 14.4. The van der Waals surface area contributed by atoms with Gasteiger partial charge in [0.15, 0.2) is 5.13 Å². The Morgan fingerprint density at radius 2 is 2.14 bits per heavy atom. The van der Waals surface area contributed by atoms with Crippen LogP contribution in [0.5, 0.6) is 0 Å². The topological polar surface area (TPSA) is 54.9 Å². The maximum Gasteiger partial charge on any atom is 0.250 e. The molecule has 22 heavy (non-hydrogen) atoms. The highest BCUT2D eigenvalue weighted by Gasteiger charge is 2.07.